The molecule has 154 valence electrons. The van der Waals surface area contributed by atoms with Crippen molar-refractivity contribution < 1.29 is 22.9 Å². The third-order valence-electron chi connectivity index (χ3n) is 4.62. The number of ether oxygens (including phenoxy) is 1. The molecular weight excluding hydrogens is 398 g/mol. The number of amides is 1. The number of sulfonamides is 1. The number of carbonyl (C=O) groups is 1. The van der Waals surface area contributed by atoms with Crippen LogP contribution in [0.2, 0.25) is 0 Å². The highest BCUT2D eigenvalue weighted by molar-refractivity contribution is 7.89. The summed E-state index contributed by atoms with van der Waals surface area (Å²) in [7, 11) is -3.59. The fourth-order valence-corrected chi connectivity index (χ4v) is 4.52. The van der Waals surface area contributed by atoms with Gasteiger partial charge in [0.05, 0.1) is 15.9 Å². The maximum Gasteiger partial charge on any atom is 0.273 e. The molecule has 10 heteroatoms. The van der Waals surface area contributed by atoms with Crippen LogP contribution in [0.15, 0.2) is 59.5 Å². The molecule has 0 bridgehead atoms. The maximum absolute atomic E-state index is 12.7. The summed E-state index contributed by atoms with van der Waals surface area (Å²) in [4.78, 5) is 24.7. The summed E-state index contributed by atoms with van der Waals surface area (Å²) in [5.41, 5.74) is -0.123. The molecule has 0 aliphatic carbocycles. The van der Waals surface area contributed by atoms with Crippen LogP contribution >= 0.6 is 0 Å². The van der Waals surface area contributed by atoms with Crippen molar-refractivity contribution in [1.82, 2.24) is 9.21 Å². The molecule has 2 aromatic carbocycles. The Labute approximate surface area is 168 Å². The second-order valence-electron chi connectivity index (χ2n) is 6.56. The number of non-ortho nitro benzene ring substituents is 1. The molecule has 2 aromatic rings. The number of benzene rings is 2. The van der Waals surface area contributed by atoms with Gasteiger partial charge in [0.15, 0.2) is 6.10 Å². The van der Waals surface area contributed by atoms with Gasteiger partial charge in [0.1, 0.15) is 5.75 Å². The van der Waals surface area contributed by atoms with E-state index in [1.807, 2.05) is 0 Å². The minimum atomic E-state index is -3.59. The van der Waals surface area contributed by atoms with Crippen LogP contribution < -0.4 is 4.74 Å². The molecular formula is C19H21N3O6S. The van der Waals surface area contributed by atoms with E-state index in [1.54, 1.807) is 48.2 Å². The molecule has 1 fully saturated rings. The first-order valence-corrected chi connectivity index (χ1v) is 10.5. The van der Waals surface area contributed by atoms with Crippen molar-refractivity contribution in [3.8, 4) is 5.75 Å². The fraction of sp³-hybridized carbons (Fsp3) is 0.316. The largest absolute Gasteiger partial charge is 0.481 e. The first kappa shape index (κ1) is 20.7. The number of nitro benzene ring substituents is 1. The molecule has 0 radical (unpaired) electrons. The number of nitrogens with zero attached hydrogens (tertiary/aromatic N) is 3. The first-order valence-electron chi connectivity index (χ1n) is 9.04. The van der Waals surface area contributed by atoms with Gasteiger partial charge in [0.25, 0.3) is 11.6 Å². The number of carbonyl (C=O) groups excluding carboxylic acids is 1. The quantitative estimate of drug-likeness (QED) is 0.522. The molecule has 0 spiro atoms. The Hall–Kier alpha value is -2.98. The molecule has 1 atom stereocenters. The van der Waals surface area contributed by atoms with Crippen molar-refractivity contribution in [2.45, 2.75) is 17.9 Å². The monoisotopic (exact) mass is 419 g/mol. The van der Waals surface area contributed by atoms with E-state index in [0.717, 1.165) is 0 Å². The predicted octanol–water partition coefficient (Wildman–Crippen LogP) is 1.90. The van der Waals surface area contributed by atoms with E-state index in [1.165, 1.54) is 22.5 Å². The molecule has 3 rings (SSSR count). The lowest BCUT2D eigenvalue weighted by Crippen LogP contribution is -2.53. The lowest BCUT2D eigenvalue weighted by atomic mass is 10.2. The van der Waals surface area contributed by atoms with Gasteiger partial charge in [-0.1, -0.05) is 24.3 Å². The van der Waals surface area contributed by atoms with Crippen LogP contribution in [0.4, 0.5) is 5.69 Å². The number of hydrogen-bond donors (Lipinski definition) is 0. The Balaban J connectivity index is 1.60. The minimum absolute atomic E-state index is 0.123. The number of nitro groups is 1. The zero-order chi connectivity index (χ0) is 21.0. The van der Waals surface area contributed by atoms with E-state index >= 15 is 0 Å². The molecule has 0 aromatic heterocycles. The molecule has 1 saturated heterocycles. The highest BCUT2D eigenvalue weighted by atomic mass is 32.2. The Kier molecular flexibility index (Phi) is 6.14. The van der Waals surface area contributed by atoms with Crippen LogP contribution in [0.3, 0.4) is 0 Å². The molecule has 0 unspecified atom stereocenters. The third-order valence-corrected chi connectivity index (χ3v) is 6.53. The van der Waals surface area contributed by atoms with Gasteiger partial charge in [-0.15, -0.1) is 0 Å². The normalized spacial score (nSPS) is 16.2. The van der Waals surface area contributed by atoms with Gasteiger partial charge in [0, 0.05) is 32.2 Å². The maximum atomic E-state index is 12.7. The van der Waals surface area contributed by atoms with Crippen LogP contribution in [0.5, 0.6) is 5.75 Å². The third kappa shape index (κ3) is 4.72. The molecule has 1 heterocycles. The Morgan fingerprint density at radius 1 is 1.07 bits per heavy atom. The van der Waals surface area contributed by atoms with Gasteiger partial charge in [-0.25, -0.2) is 8.42 Å². The standard InChI is InChI=1S/C19H21N3O6S/c1-15(28-17-7-5-6-16(14-17)22(24)25)19(23)20-10-12-21(13-11-20)29(26,27)18-8-3-2-4-9-18/h2-9,14-15H,10-13H2,1H3/t15-/m1/s1. The van der Waals surface area contributed by atoms with Gasteiger partial charge in [-0.05, 0) is 25.1 Å². The number of rotatable bonds is 6. The summed E-state index contributed by atoms with van der Waals surface area (Å²) in [6, 6.07) is 13.8. The highest BCUT2D eigenvalue weighted by Gasteiger charge is 2.32. The van der Waals surface area contributed by atoms with Gasteiger partial charge in [-0.2, -0.15) is 4.31 Å². The van der Waals surface area contributed by atoms with E-state index in [2.05, 4.69) is 0 Å². The second-order valence-corrected chi connectivity index (χ2v) is 8.49. The first-order chi connectivity index (χ1) is 13.8. The van der Waals surface area contributed by atoms with Crippen molar-refractivity contribution in [3.05, 3.63) is 64.7 Å². The van der Waals surface area contributed by atoms with Crippen LogP contribution in [0.1, 0.15) is 6.92 Å². The van der Waals surface area contributed by atoms with E-state index in [4.69, 9.17) is 4.74 Å². The molecule has 1 aliphatic rings. The van der Waals surface area contributed by atoms with Gasteiger partial charge in [-0.3, -0.25) is 14.9 Å². The Morgan fingerprint density at radius 3 is 2.34 bits per heavy atom. The van der Waals surface area contributed by atoms with Gasteiger partial charge < -0.3 is 9.64 Å². The Bertz CT molecular complexity index is 988. The van der Waals surface area contributed by atoms with Crippen LogP contribution in [-0.4, -0.2) is 60.7 Å². The van der Waals surface area contributed by atoms with Gasteiger partial charge >= 0.3 is 0 Å². The lowest BCUT2D eigenvalue weighted by molar-refractivity contribution is -0.384. The zero-order valence-corrected chi connectivity index (χ0v) is 16.6. The highest BCUT2D eigenvalue weighted by Crippen LogP contribution is 2.21. The SMILES string of the molecule is C[C@@H](Oc1cccc([N+](=O)[O-])c1)C(=O)N1CCN(S(=O)(=O)c2ccccc2)CC1. The van der Waals surface area contributed by atoms with Crippen LogP contribution in [0.25, 0.3) is 0 Å². The lowest BCUT2D eigenvalue weighted by Gasteiger charge is -2.35. The summed E-state index contributed by atoms with van der Waals surface area (Å²) in [6.07, 6.45) is -0.853. The summed E-state index contributed by atoms with van der Waals surface area (Å²) in [6.45, 7) is 2.42. The zero-order valence-electron chi connectivity index (χ0n) is 15.8. The molecule has 1 amide bonds. The van der Waals surface area contributed by atoms with E-state index in [9.17, 15) is 23.3 Å². The summed E-state index contributed by atoms with van der Waals surface area (Å²) in [5.74, 6) is -0.0707. The topological polar surface area (TPSA) is 110 Å². The van der Waals surface area contributed by atoms with Crippen molar-refractivity contribution in [2.24, 2.45) is 0 Å². The second kappa shape index (κ2) is 8.58. The van der Waals surface area contributed by atoms with E-state index in [-0.39, 0.29) is 48.4 Å². The van der Waals surface area contributed by atoms with Crippen LogP contribution in [-0.2, 0) is 14.8 Å². The average molecular weight is 419 g/mol. The average Bonchev–Trinajstić information content (AvgIpc) is 2.74. The molecule has 0 saturated carbocycles. The predicted molar refractivity (Wildman–Crippen MR) is 105 cm³/mol. The van der Waals surface area contributed by atoms with Crippen molar-refractivity contribution in [1.29, 1.82) is 0 Å². The number of piperazine rings is 1. The smallest absolute Gasteiger partial charge is 0.273 e. The minimum Gasteiger partial charge on any atom is -0.481 e. The summed E-state index contributed by atoms with van der Waals surface area (Å²) < 4.78 is 32.3. The molecule has 0 N–H and O–H groups in total. The summed E-state index contributed by atoms with van der Waals surface area (Å²) in [5, 5.41) is 10.9. The molecule has 1 aliphatic heterocycles. The van der Waals surface area contributed by atoms with E-state index < -0.39 is 21.1 Å². The molecule has 29 heavy (non-hydrogen) atoms. The van der Waals surface area contributed by atoms with Gasteiger partial charge in [0.2, 0.25) is 10.0 Å². The Morgan fingerprint density at radius 2 is 1.72 bits per heavy atom. The summed E-state index contributed by atoms with van der Waals surface area (Å²) >= 11 is 0. The van der Waals surface area contributed by atoms with Crippen molar-refractivity contribution in [2.75, 3.05) is 26.2 Å². The van der Waals surface area contributed by atoms with E-state index in [0.29, 0.717) is 0 Å². The molecule has 9 nitrogen and oxygen atoms in total. The van der Waals surface area contributed by atoms with Crippen molar-refractivity contribution >= 4 is 21.6 Å². The van der Waals surface area contributed by atoms with Crippen LogP contribution in [0, 0.1) is 10.1 Å². The fourth-order valence-electron chi connectivity index (χ4n) is 3.07. The van der Waals surface area contributed by atoms with Crippen molar-refractivity contribution in [3.63, 3.8) is 0 Å². The number of hydrogen-bond acceptors (Lipinski definition) is 6.